The Morgan fingerprint density at radius 1 is 0.852 bits per heavy atom. The first-order valence-corrected chi connectivity index (χ1v) is 10.3. The number of rotatable bonds is 4. The molecule has 2 aliphatic rings. The summed E-state index contributed by atoms with van der Waals surface area (Å²) in [4.78, 5) is 18.1. The molecule has 2 aromatic rings. The molecular formula is C24H30N2O. The maximum atomic E-state index is 13.1. The molecule has 27 heavy (non-hydrogen) atoms. The van der Waals surface area contributed by atoms with Crippen LogP contribution in [0.2, 0.25) is 0 Å². The highest BCUT2D eigenvalue weighted by Gasteiger charge is 2.31. The molecule has 0 unspecified atom stereocenters. The Morgan fingerprint density at radius 3 is 2.22 bits per heavy atom. The lowest BCUT2D eigenvalue weighted by Gasteiger charge is -2.41. The fourth-order valence-corrected chi connectivity index (χ4v) is 4.61. The molecule has 142 valence electrons. The molecule has 3 nitrogen and oxygen atoms in total. The molecule has 0 radical (unpaired) electrons. The van der Waals surface area contributed by atoms with E-state index in [-0.39, 0.29) is 5.92 Å². The molecule has 2 fully saturated rings. The van der Waals surface area contributed by atoms with Gasteiger partial charge in [-0.3, -0.25) is 9.69 Å². The standard InChI is InChI=1S/C24H30N2O/c1-25-16-13-23(14-17-25)26-15-5-8-22(18-26)24(27)21-11-9-20(10-12-21)19-6-3-2-4-7-19/h2-4,6-7,9-12,22-23H,5,8,13-18H2,1H3/t22-/m1/s1. The van der Waals surface area contributed by atoms with E-state index in [4.69, 9.17) is 0 Å². The Balaban J connectivity index is 1.41. The first-order valence-electron chi connectivity index (χ1n) is 10.3. The van der Waals surface area contributed by atoms with Gasteiger partial charge in [0.25, 0.3) is 0 Å². The number of Topliss-reactive ketones (excluding diaryl/α,β-unsaturated/α-hetero) is 1. The summed E-state index contributed by atoms with van der Waals surface area (Å²) < 4.78 is 0. The summed E-state index contributed by atoms with van der Waals surface area (Å²) in [6.07, 6.45) is 4.65. The topological polar surface area (TPSA) is 23.6 Å². The van der Waals surface area contributed by atoms with Gasteiger partial charge in [0, 0.05) is 24.1 Å². The van der Waals surface area contributed by atoms with E-state index >= 15 is 0 Å². The van der Waals surface area contributed by atoms with Crippen LogP contribution in [0, 0.1) is 5.92 Å². The number of hydrogen-bond donors (Lipinski definition) is 0. The quantitative estimate of drug-likeness (QED) is 0.756. The van der Waals surface area contributed by atoms with E-state index < -0.39 is 0 Å². The maximum absolute atomic E-state index is 13.1. The Bertz CT molecular complexity index is 748. The van der Waals surface area contributed by atoms with Crippen molar-refractivity contribution in [1.29, 1.82) is 0 Å². The smallest absolute Gasteiger partial charge is 0.167 e. The molecule has 0 bridgehead atoms. The SMILES string of the molecule is CN1CCC(N2CCC[C@@H](C(=O)c3ccc(-c4ccccc4)cc3)C2)CC1. The Labute approximate surface area is 163 Å². The summed E-state index contributed by atoms with van der Waals surface area (Å²) >= 11 is 0. The van der Waals surface area contributed by atoms with Crippen molar-refractivity contribution in [2.24, 2.45) is 5.92 Å². The molecular weight excluding hydrogens is 332 g/mol. The minimum atomic E-state index is 0.154. The van der Waals surface area contributed by atoms with Crippen molar-refractivity contribution in [3.05, 3.63) is 60.2 Å². The first kappa shape index (κ1) is 18.4. The molecule has 0 aliphatic carbocycles. The summed E-state index contributed by atoms with van der Waals surface area (Å²) in [6.45, 7) is 4.46. The van der Waals surface area contributed by atoms with Crippen molar-refractivity contribution in [3.8, 4) is 11.1 Å². The number of carbonyl (C=O) groups excluding carboxylic acids is 1. The van der Waals surface area contributed by atoms with Crippen LogP contribution in [0.15, 0.2) is 54.6 Å². The van der Waals surface area contributed by atoms with Crippen molar-refractivity contribution in [2.45, 2.75) is 31.7 Å². The van der Waals surface area contributed by atoms with Crippen LogP contribution in [0.3, 0.4) is 0 Å². The molecule has 0 saturated carbocycles. The molecule has 3 heteroatoms. The van der Waals surface area contributed by atoms with Crippen molar-refractivity contribution in [1.82, 2.24) is 9.80 Å². The van der Waals surface area contributed by atoms with Gasteiger partial charge in [0.1, 0.15) is 0 Å². The van der Waals surface area contributed by atoms with Crippen LogP contribution in [0.1, 0.15) is 36.0 Å². The fraction of sp³-hybridized carbons (Fsp3) is 0.458. The number of nitrogens with zero attached hydrogens (tertiary/aromatic N) is 2. The molecule has 2 aromatic carbocycles. The molecule has 1 atom stereocenters. The maximum Gasteiger partial charge on any atom is 0.167 e. The van der Waals surface area contributed by atoms with Gasteiger partial charge in [-0.05, 0) is 63.5 Å². The monoisotopic (exact) mass is 362 g/mol. The Kier molecular flexibility index (Phi) is 5.70. The zero-order valence-electron chi connectivity index (χ0n) is 16.3. The lowest BCUT2D eigenvalue weighted by atomic mass is 9.88. The average molecular weight is 363 g/mol. The summed E-state index contributed by atoms with van der Waals surface area (Å²) in [5.41, 5.74) is 3.23. The number of benzene rings is 2. The van der Waals surface area contributed by atoms with Crippen LogP contribution in [0.25, 0.3) is 11.1 Å². The van der Waals surface area contributed by atoms with Gasteiger partial charge in [-0.1, -0.05) is 54.6 Å². The zero-order valence-corrected chi connectivity index (χ0v) is 16.3. The van der Waals surface area contributed by atoms with Crippen molar-refractivity contribution >= 4 is 5.78 Å². The normalized spacial score (nSPS) is 22.6. The summed E-state index contributed by atoms with van der Waals surface area (Å²) in [5.74, 6) is 0.480. The van der Waals surface area contributed by atoms with Crippen LogP contribution in [0.4, 0.5) is 0 Å². The van der Waals surface area contributed by atoms with E-state index in [0.717, 1.165) is 31.5 Å². The number of hydrogen-bond acceptors (Lipinski definition) is 3. The molecule has 2 saturated heterocycles. The summed E-state index contributed by atoms with van der Waals surface area (Å²) in [6, 6.07) is 19.2. The van der Waals surface area contributed by atoms with E-state index in [1.807, 2.05) is 30.3 Å². The van der Waals surface area contributed by atoms with Crippen LogP contribution in [0.5, 0.6) is 0 Å². The molecule has 2 heterocycles. The highest BCUT2D eigenvalue weighted by molar-refractivity contribution is 5.98. The molecule has 0 aromatic heterocycles. The Hall–Kier alpha value is -1.97. The second-order valence-electron chi connectivity index (χ2n) is 8.18. The number of piperidine rings is 2. The minimum Gasteiger partial charge on any atom is -0.306 e. The fourth-order valence-electron chi connectivity index (χ4n) is 4.61. The number of carbonyl (C=O) groups is 1. The molecule has 0 amide bonds. The number of ketones is 1. The van der Waals surface area contributed by atoms with E-state index in [1.54, 1.807) is 0 Å². The van der Waals surface area contributed by atoms with Crippen LogP contribution < -0.4 is 0 Å². The summed E-state index contributed by atoms with van der Waals surface area (Å²) in [7, 11) is 2.21. The van der Waals surface area contributed by atoms with Gasteiger partial charge < -0.3 is 4.90 Å². The Morgan fingerprint density at radius 2 is 1.52 bits per heavy atom. The second kappa shape index (κ2) is 8.37. The predicted octanol–water partition coefficient (Wildman–Crippen LogP) is 4.34. The first-order chi connectivity index (χ1) is 13.2. The van der Waals surface area contributed by atoms with E-state index in [1.165, 1.54) is 37.1 Å². The average Bonchev–Trinajstić information content (AvgIpc) is 2.75. The molecule has 0 spiro atoms. The van der Waals surface area contributed by atoms with Crippen molar-refractivity contribution < 1.29 is 4.79 Å². The molecule has 4 rings (SSSR count). The van der Waals surface area contributed by atoms with Gasteiger partial charge in [-0.2, -0.15) is 0 Å². The minimum absolute atomic E-state index is 0.154. The largest absolute Gasteiger partial charge is 0.306 e. The summed E-state index contributed by atoms with van der Waals surface area (Å²) in [5, 5.41) is 0. The lowest BCUT2D eigenvalue weighted by Crippen LogP contribution is -2.48. The third kappa shape index (κ3) is 4.31. The van der Waals surface area contributed by atoms with Gasteiger partial charge in [0.2, 0.25) is 0 Å². The zero-order chi connectivity index (χ0) is 18.6. The third-order valence-corrected chi connectivity index (χ3v) is 6.30. The van der Waals surface area contributed by atoms with E-state index in [2.05, 4.69) is 41.1 Å². The van der Waals surface area contributed by atoms with Crippen molar-refractivity contribution in [3.63, 3.8) is 0 Å². The van der Waals surface area contributed by atoms with Crippen molar-refractivity contribution in [2.75, 3.05) is 33.2 Å². The highest BCUT2D eigenvalue weighted by Crippen LogP contribution is 2.27. The highest BCUT2D eigenvalue weighted by atomic mass is 16.1. The second-order valence-corrected chi connectivity index (χ2v) is 8.18. The van der Waals surface area contributed by atoms with Gasteiger partial charge in [-0.15, -0.1) is 0 Å². The predicted molar refractivity (Wildman–Crippen MR) is 111 cm³/mol. The van der Waals surface area contributed by atoms with Gasteiger partial charge >= 0.3 is 0 Å². The van der Waals surface area contributed by atoms with Gasteiger partial charge in [0.15, 0.2) is 5.78 Å². The number of likely N-dealkylation sites (tertiary alicyclic amines) is 2. The van der Waals surface area contributed by atoms with Gasteiger partial charge in [0.05, 0.1) is 0 Å². The molecule has 2 aliphatic heterocycles. The van der Waals surface area contributed by atoms with E-state index in [0.29, 0.717) is 11.8 Å². The molecule has 0 N–H and O–H groups in total. The van der Waals surface area contributed by atoms with Crippen LogP contribution in [-0.2, 0) is 0 Å². The van der Waals surface area contributed by atoms with Crippen LogP contribution in [-0.4, -0.2) is 54.9 Å². The lowest BCUT2D eigenvalue weighted by molar-refractivity contribution is 0.0630. The third-order valence-electron chi connectivity index (χ3n) is 6.30. The van der Waals surface area contributed by atoms with E-state index in [9.17, 15) is 4.79 Å². The van der Waals surface area contributed by atoms with Crippen LogP contribution >= 0.6 is 0 Å². The van der Waals surface area contributed by atoms with Gasteiger partial charge in [-0.25, -0.2) is 0 Å².